The van der Waals surface area contributed by atoms with Crippen LogP contribution in [0.5, 0.6) is 0 Å². The fourth-order valence-corrected chi connectivity index (χ4v) is 5.07. The molecule has 0 spiro atoms. The molecular formula is C19H17ClN6OS2. The normalized spacial score (nSPS) is 17.0. The number of aromatic nitrogens is 4. The summed E-state index contributed by atoms with van der Waals surface area (Å²) >= 11 is 9.23. The van der Waals surface area contributed by atoms with Gasteiger partial charge in [0, 0.05) is 29.5 Å². The number of nitrogens with one attached hydrogen (secondary N) is 1. The first-order chi connectivity index (χ1) is 14.3. The first-order valence-electron chi connectivity index (χ1n) is 9.13. The average Bonchev–Trinajstić information content (AvgIpc) is 3.43. The van der Waals surface area contributed by atoms with Gasteiger partial charge in [-0.15, -0.1) is 21.5 Å². The van der Waals surface area contributed by atoms with Gasteiger partial charge in [0.15, 0.2) is 0 Å². The van der Waals surface area contributed by atoms with Crippen molar-refractivity contribution in [2.45, 2.75) is 6.10 Å². The summed E-state index contributed by atoms with van der Waals surface area (Å²) in [4.78, 5) is 12.2. The fourth-order valence-electron chi connectivity index (χ4n) is 3.27. The molecule has 0 radical (unpaired) electrons. The van der Waals surface area contributed by atoms with Crippen molar-refractivity contribution in [3.05, 3.63) is 47.2 Å². The Morgan fingerprint density at radius 1 is 1.24 bits per heavy atom. The minimum absolute atomic E-state index is 0.0494. The molecule has 1 aliphatic rings. The number of anilines is 2. The van der Waals surface area contributed by atoms with Crippen LogP contribution in [0.2, 0.25) is 5.02 Å². The summed E-state index contributed by atoms with van der Waals surface area (Å²) in [6.07, 6.45) is 1.64. The minimum Gasteiger partial charge on any atom is -0.373 e. The molecule has 10 heteroatoms. The van der Waals surface area contributed by atoms with E-state index >= 15 is 0 Å². The Kier molecular flexibility index (Phi) is 5.28. The van der Waals surface area contributed by atoms with Crippen LogP contribution in [0.25, 0.3) is 20.7 Å². The maximum atomic E-state index is 6.01. The average molecular weight is 445 g/mol. The van der Waals surface area contributed by atoms with Crippen molar-refractivity contribution in [2.24, 2.45) is 0 Å². The molecule has 1 fully saturated rings. The molecule has 0 aliphatic carbocycles. The lowest BCUT2D eigenvalue weighted by Gasteiger charge is -2.32. The van der Waals surface area contributed by atoms with Gasteiger partial charge in [-0.2, -0.15) is 0 Å². The van der Waals surface area contributed by atoms with Crippen LogP contribution in [0.4, 0.5) is 10.9 Å². The molecule has 5 rings (SSSR count). The molecule has 4 heterocycles. The van der Waals surface area contributed by atoms with Crippen molar-refractivity contribution in [2.75, 3.05) is 36.5 Å². The predicted molar refractivity (Wildman–Crippen MR) is 118 cm³/mol. The van der Waals surface area contributed by atoms with Gasteiger partial charge in [-0.3, -0.25) is 0 Å². The van der Waals surface area contributed by atoms with Crippen LogP contribution in [-0.2, 0) is 4.74 Å². The minimum atomic E-state index is 0.0494. The quantitative estimate of drug-likeness (QED) is 0.494. The molecule has 1 N–H and O–H groups in total. The van der Waals surface area contributed by atoms with Crippen molar-refractivity contribution >= 4 is 55.4 Å². The molecule has 1 atom stereocenters. The molecule has 1 aliphatic heterocycles. The standard InChI is InChI=1S/C19H17ClN6OS2/c20-13-3-1-12(2-4-13)16-7-15-17(29-16)18(23-10-22-15)21-8-14-9-26(5-6-27-14)19-25-24-11-28-19/h1-4,7,10-11,14H,5-6,8-9H2,(H,21,22,23)/t14-/m0/s1. The van der Waals surface area contributed by atoms with Gasteiger partial charge in [0.25, 0.3) is 0 Å². The SMILES string of the molecule is Clc1ccc(-c2cc3ncnc(NC[C@H]4CN(c5nncs5)CCO4)c3s2)cc1. The zero-order valence-corrected chi connectivity index (χ0v) is 17.7. The van der Waals surface area contributed by atoms with E-state index in [9.17, 15) is 0 Å². The summed E-state index contributed by atoms with van der Waals surface area (Å²) in [5, 5.41) is 13.2. The number of rotatable bonds is 5. The van der Waals surface area contributed by atoms with Crippen molar-refractivity contribution in [1.29, 1.82) is 0 Å². The Morgan fingerprint density at radius 3 is 2.97 bits per heavy atom. The molecular weight excluding hydrogens is 428 g/mol. The van der Waals surface area contributed by atoms with Gasteiger partial charge >= 0.3 is 0 Å². The summed E-state index contributed by atoms with van der Waals surface area (Å²) in [5.41, 5.74) is 3.80. The maximum absolute atomic E-state index is 6.01. The number of nitrogens with zero attached hydrogens (tertiary/aromatic N) is 5. The summed E-state index contributed by atoms with van der Waals surface area (Å²) in [6.45, 7) is 2.94. The third-order valence-corrected chi connectivity index (χ3v) is 6.88. The van der Waals surface area contributed by atoms with Crippen molar-refractivity contribution in [3.8, 4) is 10.4 Å². The lowest BCUT2D eigenvalue weighted by atomic mass is 10.2. The molecule has 0 saturated carbocycles. The summed E-state index contributed by atoms with van der Waals surface area (Å²) in [6, 6.07) is 9.92. The predicted octanol–water partition coefficient (Wildman–Crippen LogP) is 4.18. The highest BCUT2D eigenvalue weighted by molar-refractivity contribution is 7.22. The Bertz CT molecular complexity index is 1100. The second kappa shape index (κ2) is 8.19. The lowest BCUT2D eigenvalue weighted by Crippen LogP contribution is -2.45. The Labute approximate surface area is 180 Å². The number of benzene rings is 1. The molecule has 4 aromatic rings. The number of halogens is 1. The number of morpholine rings is 1. The van der Waals surface area contributed by atoms with Gasteiger partial charge in [0.2, 0.25) is 5.13 Å². The van der Waals surface area contributed by atoms with E-state index in [1.165, 1.54) is 0 Å². The lowest BCUT2D eigenvalue weighted by molar-refractivity contribution is 0.0492. The number of thiophene rings is 1. The monoisotopic (exact) mass is 444 g/mol. The van der Waals surface area contributed by atoms with Gasteiger partial charge in [-0.25, -0.2) is 9.97 Å². The fraction of sp³-hybridized carbons (Fsp3) is 0.263. The van der Waals surface area contributed by atoms with E-state index in [0.29, 0.717) is 13.2 Å². The van der Waals surface area contributed by atoms with Crippen LogP contribution in [-0.4, -0.2) is 52.5 Å². The highest BCUT2D eigenvalue weighted by Crippen LogP contribution is 2.36. The largest absolute Gasteiger partial charge is 0.373 e. The smallest absolute Gasteiger partial charge is 0.208 e. The van der Waals surface area contributed by atoms with Crippen LogP contribution in [0.15, 0.2) is 42.2 Å². The van der Waals surface area contributed by atoms with Gasteiger partial charge < -0.3 is 15.0 Å². The number of hydrogen-bond acceptors (Lipinski definition) is 9. The second-order valence-electron chi connectivity index (χ2n) is 6.60. The third-order valence-electron chi connectivity index (χ3n) is 4.69. The first-order valence-corrected chi connectivity index (χ1v) is 11.2. The van der Waals surface area contributed by atoms with Crippen LogP contribution < -0.4 is 10.2 Å². The zero-order chi connectivity index (χ0) is 19.6. The summed E-state index contributed by atoms with van der Waals surface area (Å²) in [7, 11) is 0. The van der Waals surface area contributed by atoms with E-state index in [4.69, 9.17) is 16.3 Å². The zero-order valence-electron chi connectivity index (χ0n) is 15.3. The van der Waals surface area contributed by atoms with Crippen LogP contribution in [0.3, 0.4) is 0 Å². The van der Waals surface area contributed by atoms with Crippen molar-refractivity contribution in [1.82, 2.24) is 20.2 Å². The first kappa shape index (κ1) is 18.7. The molecule has 7 nitrogen and oxygen atoms in total. The van der Waals surface area contributed by atoms with Crippen LogP contribution >= 0.6 is 34.3 Å². The van der Waals surface area contributed by atoms with Crippen molar-refractivity contribution in [3.63, 3.8) is 0 Å². The van der Waals surface area contributed by atoms with E-state index in [1.54, 1.807) is 34.5 Å². The second-order valence-corrected chi connectivity index (χ2v) is 8.90. The highest BCUT2D eigenvalue weighted by atomic mass is 35.5. The number of fused-ring (bicyclic) bond motifs is 1. The molecule has 1 aromatic carbocycles. The molecule has 0 bridgehead atoms. The van der Waals surface area contributed by atoms with Gasteiger partial charge in [-0.1, -0.05) is 35.1 Å². The van der Waals surface area contributed by atoms with E-state index in [-0.39, 0.29) is 6.10 Å². The topological polar surface area (TPSA) is 76.1 Å². The van der Waals surface area contributed by atoms with Gasteiger partial charge in [0.1, 0.15) is 17.7 Å². The Hall–Kier alpha value is -2.33. The van der Waals surface area contributed by atoms with Gasteiger partial charge in [0.05, 0.1) is 22.9 Å². The molecule has 3 aromatic heterocycles. The maximum Gasteiger partial charge on any atom is 0.208 e. The van der Waals surface area contributed by atoms with Crippen LogP contribution in [0.1, 0.15) is 0 Å². The van der Waals surface area contributed by atoms with E-state index in [1.807, 2.05) is 24.3 Å². The summed E-state index contributed by atoms with van der Waals surface area (Å²) < 4.78 is 6.96. The molecule has 0 unspecified atom stereocenters. The number of ether oxygens (including phenoxy) is 1. The third kappa shape index (κ3) is 4.04. The Morgan fingerprint density at radius 2 is 2.14 bits per heavy atom. The van der Waals surface area contributed by atoms with Gasteiger partial charge in [-0.05, 0) is 23.8 Å². The molecule has 0 amide bonds. The highest BCUT2D eigenvalue weighted by Gasteiger charge is 2.23. The number of hydrogen-bond donors (Lipinski definition) is 1. The van der Waals surface area contributed by atoms with Crippen molar-refractivity contribution < 1.29 is 4.74 Å². The molecule has 29 heavy (non-hydrogen) atoms. The van der Waals surface area contributed by atoms with E-state index in [0.717, 1.165) is 49.7 Å². The summed E-state index contributed by atoms with van der Waals surface area (Å²) in [5.74, 6) is 0.830. The van der Waals surface area contributed by atoms with E-state index in [2.05, 4.69) is 36.4 Å². The molecule has 1 saturated heterocycles. The molecule has 148 valence electrons. The van der Waals surface area contributed by atoms with E-state index < -0.39 is 0 Å². The van der Waals surface area contributed by atoms with Crippen LogP contribution in [0, 0.1) is 0 Å². The Balaban J connectivity index is 1.32.